The Morgan fingerprint density at radius 2 is 1.66 bits per heavy atom. The van der Waals surface area contributed by atoms with Crippen molar-refractivity contribution in [1.82, 2.24) is 15.5 Å². The molecule has 3 N–H and O–H groups in total. The molecular weight excluding hydrogens is 424 g/mol. The predicted octanol–water partition coefficient (Wildman–Crippen LogP) is 2.93. The summed E-state index contributed by atoms with van der Waals surface area (Å²) in [6.07, 6.45) is 1.60. The number of hydrogen-bond donors (Lipinski definition) is 3. The van der Waals surface area contributed by atoms with E-state index in [0.29, 0.717) is 0 Å². The summed E-state index contributed by atoms with van der Waals surface area (Å²) in [6, 6.07) is 7.97. The Bertz CT molecular complexity index is 970. The van der Waals surface area contributed by atoms with E-state index in [-0.39, 0.29) is 36.9 Å². The Labute approximate surface area is 193 Å². The van der Waals surface area contributed by atoms with Crippen LogP contribution in [0.25, 0.3) is 0 Å². The number of hydrogen-bond acceptors (Lipinski definition) is 5. The zero-order valence-electron chi connectivity index (χ0n) is 19.2. The van der Waals surface area contributed by atoms with Gasteiger partial charge in [-0.25, -0.2) is 0 Å². The van der Waals surface area contributed by atoms with Gasteiger partial charge >= 0.3 is 0 Å². The lowest BCUT2D eigenvalue weighted by Gasteiger charge is -2.31. The number of likely N-dealkylation sites (tertiary alicyclic amines) is 1. The number of amides is 3. The van der Waals surface area contributed by atoms with Gasteiger partial charge in [-0.1, -0.05) is 17.7 Å². The molecule has 0 bridgehead atoms. The summed E-state index contributed by atoms with van der Waals surface area (Å²) in [6.45, 7) is 9.58. The van der Waals surface area contributed by atoms with Crippen LogP contribution in [-0.4, -0.2) is 54.8 Å². The molecule has 2 aromatic rings. The lowest BCUT2D eigenvalue weighted by molar-refractivity contribution is -0.125. The number of rotatable bonds is 7. The quantitative estimate of drug-likeness (QED) is 0.598. The van der Waals surface area contributed by atoms with Crippen molar-refractivity contribution in [1.29, 1.82) is 0 Å². The van der Waals surface area contributed by atoms with Crippen LogP contribution in [0.1, 0.15) is 44.1 Å². The maximum Gasteiger partial charge on any atom is 0.261 e. The molecule has 2 heterocycles. The topological polar surface area (TPSA) is 90.5 Å². The summed E-state index contributed by atoms with van der Waals surface area (Å²) in [5.41, 5.74) is 3.96. The minimum Gasteiger partial charge on any atom is -0.349 e. The van der Waals surface area contributed by atoms with Crippen molar-refractivity contribution in [2.75, 3.05) is 31.5 Å². The fourth-order valence-electron chi connectivity index (χ4n) is 4.05. The molecule has 0 radical (unpaired) electrons. The minimum absolute atomic E-state index is 0.0237. The summed E-state index contributed by atoms with van der Waals surface area (Å²) in [5, 5.41) is 8.69. The van der Waals surface area contributed by atoms with Crippen LogP contribution in [0.15, 0.2) is 24.3 Å². The molecular formula is C24H32N4O3S. The van der Waals surface area contributed by atoms with Crippen LogP contribution in [-0.2, 0) is 9.59 Å². The number of anilines is 1. The van der Waals surface area contributed by atoms with Crippen LogP contribution in [0, 0.1) is 27.7 Å². The molecule has 0 saturated carbocycles. The van der Waals surface area contributed by atoms with Crippen LogP contribution >= 0.6 is 11.3 Å². The first kappa shape index (κ1) is 23.9. The number of nitrogens with one attached hydrogen (secondary N) is 3. The third kappa shape index (κ3) is 6.64. The molecule has 8 heteroatoms. The molecule has 1 aromatic carbocycles. The van der Waals surface area contributed by atoms with Crippen molar-refractivity contribution < 1.29 is 14.4 Å². The Kier molecular flexibility index (Phi) is 8.04. The van der Waals surface area contributed by atoms with Gasteiger partial charge < -0.3 is 16.0 Å². The van der Waals surface area contributed by atoms with Crippen LogP contribution in [0.4, 0.5) is 5.69 Å². The predicted molar refractivity (Wildman–Crippen MR) is 128 cm³/mol. The van der Waals surface area contributed by atoms with Gasteiger partial charge in [-0.05, 0) is 63.8 Å². The van der Waals surface area contributed by atoms with Gasteiger partial charge in [0.2, 0.25) is 11.8 Å². The van der Waals surface area contributed by atoms with Crippen LogP contribution < -0.4 is 16.0 Å². The normalized spacial score (nSPS) is 14.8. The zero-order valence-corrected chi connectivity index (χ0v) is 20.0. The van der Waals surface area contributed by atoms with E-state index in [1.807, 2.05) is 52.0 Å². The van der Waals surface area contributed by atoms with Gasteiger partial charge in [0.15, 0.2) is 0 Å². The molecule has 1 saturated heterocycles. The van der Waals surface area contributed by atoms with Crippen molar-refractivity contribution in [2.24, 2.45) is 0 Å². The van der Waals surface area contributed by atoms with E-state index in [4.69, 9.17) is 0 Å². The smallest absolute Gasteiger partial charge is 0.261 e. The highest BCUT2D eigenvalue weighted by atomic mass is 32.1. The molecule has 1 aliphatic heterocycles. The molecule has 7 nitrogen and oxygen atoms in total. The summed E-state index contributed by atoms with van der Waals surface area (Å²) in [5.74, 6) is -0.433. The average molecular weight is 457 g/mol. The summed E-state index contributed by atoms with van der Waals surface area (Å²) in [7, 11) is 0. The van der Waals surface area contributed by atoms with Crippen molar-refractivity contribution in [2.45, 2.75) is 46.6 Å². The van der Waals surface area contributed by atoms with E-state index in [9.17, 15) is 14.4 Å². The second-order valence-corrected chi connectivity index (χ2v) is 9.82. The Morgan fingerprint density at radius 1 is 1.00 bits per heavy atom. The van der Waals surface area contributed by atoms with Gasteiger partial charge in [0.05, 0.1) is 18.0 Å². The van der Waals surface area contributed by atoms with Crippen molar-refractivity contribution in [3.05, 3.63) is 50.7 Å². The van der Waals surface area contributed by atoms with Crippen molar-refractivity contribution in [3.8, 4) is 0 Å². The molecule has 0 spiro atoms. The van der Waals surface area contributed by atoms with Gasteiger partial charge in [0.1, 0.15) is 0 Å². The highest BCUT2D eigenvalue weighted by Crippen LogP contribution is 2.21. The maximum atomic E-state index is 12.3. The van der Waals surface area contributed by atoms with Crippen LogP contribution in [0.2, 0.25) is 0 Å². The fourth-order valence-corrected chi connectivity index (χ4v) is 4.82. The molecule has 0 aliphatic carbocycles. The van der Waals surface area contributed by atoms with Gasteiger partial charge in [0, 0.05) is 29.7 Å². The SMILES string of the molecule is Cc1cc(C)c(NC(=O)CNC(=O)CN2CCC(NC(=O)c3ccc(C)s3)CC2)c(C)c1. The highest BCUT2D eigenvalue weighted by Gasteiger charge is 2.23. The number of benzene rings is 1. The summed E-state index contributed by atoms with van der Waals surface area (Å²) in [4.78, 5) is 40.8. The second kappa shape index (κ2) is 10.7. The average Bonchev–Trinajstić information content (AvgIpc) is 3.17. The van der Waals surface area contributed by atoms with E-state index >= 15 is 0 Å². The summed E-state index contributed by atoms with van der Waals surface area (Å²) >= 11 is 1.50. The molecule has 1 aromatic heterocycles. The first-order chi connectivity index (χ1) is 15.2. The molecule has 3 rings (SSSR count). The molecule has 0 atom stereocenters. The fraction of sp³-hybridized carbons (Fsp3) is 0.458. The number of aryl methyl sites for hydroxylation is 4. The first-order valence-electron chi connectivity index (χ1n) is 11.0. The second-order valence-electron chi connectivity index (χ2n) is 8.53. The van der Waals surface area contributed by atoms with Gasteiger partial charge in [-0.3, -0.25) is 19.3 Å². The third-order valence-corrected chi connectivity index (χ3v) is 6.64. The largest absolute Gasteiger partial charge is 0.349 e. The van der Waals surface area contributed by atoms with Gasteiger partial charge in [-0.2, -0.15) is 0 Å². The monoisotopic (exact) mass is 456 g/mol. The van der Waals surface area contributed by atoms with E-state index in [1.54, 1.807) is 0 Å². The molecule has 1 aliphatic rings. The Balaban J connectivity index is 1.37. The standard InChI is InChI=1S/C24H32N4O3S/c1-15-11-16(2)23(17(3)12-15)27-21(29)13-25-22(30)14-28-9-7-19(8-10-28)26-24(31)20-6-5-18(4)32-20/h5-6,11-12,19H,7-10,13-14H2,1-4H3,(H,25,30)(H,26,31)(H,27,29). The van der Waals surface area contributed by atoms with Crippen LogP contribution in [0.3, 0.4) is 0 Å². The Morgan fingerprint density at radius 3 is 2.25 bits per heavy atom. The number of carbonyl (C=O) groups excluding carboxylic acids is 3. The number of nitrogens with zero attached hydrogens (tertiary/aromatic N) is 1. The number of carbonyl (C=O) groups is 3. The Hall–Kier alpha value is -2.71. The van der Waals surface area contributed by atoms with Gasteiger partial charge in [-0.15, -0.1) is 11.3 Å². The summed E-state index contributed by atoms with van der Waals surface area (Å²) < 4.78 is 0. The third-order valence-electron chi connectivity index (χ3n) is 5.64. The lowest BCUT2D eigenvalue weighted by atomic mass is 10.0. The minimum atomic E-state index is -0.237. The van der Waals surface area contributed by atoms with Crippen LogP contribution in [0.5, 0.6) is 0 Å². The molecule has 3 amide bonds. The highest BCUT2D eigenvalue weighted by molar-refractivity contribution is 7.13. The molecule has 32 heavy (non-hydrogen) atoms. The zero-order chi connectivity index (χ0) is 23.3. The van der Waals surface area contributed by atoms with Gasteiger partial charge in [0.25, 0.3) is 5.91 Å². The van der Waals surface area contributed by atoms with Crippen molar-refractivity contribution >= 4 is 34.7 Å². The van der Waals surface area contributed by atoms with E-state index in [0.717, 1.165) is 58.1 Å². The molecule has 172 valence electrons. The number of piperidine rings is 1. The van der Waals surface area contributed by atoms with E-state index in [2.05, 4.69) is 20.9 Å². The number of thiophene rings is 1. The van der Waals surface area contributed by atoms with Crippen molar-refractivity contribution in [3.63, 3.8) is 0 Å². The first-order valence-corrected chi connectivity index (χ1v) is 11.8. The van der Waals surface area contributed by atoms with E-state index in [1.165, 1.54) is 11.3 Å². The maximum absolute atomic E-state index is 12.3. The molecule has 1 fully saturated rings. The molecule has 0 unspecified atom stereocenters. The lowest BCUT2D eigenvalue weighted by Crippen LogP contribution is -2.48. The van der Waals surface area contributed by atoms with E-state index < -0.39 is 0 Å².